The minimum absolute atomic E-state index is 0. The lowest BCUT2D eigenvalue weighted by Gasteiger charge is -2.05. The highest BCUT2D eigenvalue weighted by molar-refractivity contribution is 9.11. The fourth-order valence-electron chi connectivity index (χ4n) is 0.739. The number of thiophene rings is 1. The van der Waals surface area contributed by atoms with Crippen molar-refractivity contribution < 1.29 is 9.53 Å². The van der Waals surface area contributed by atoms with E-state index in [0.29, 0.717) is 0 Å². The van der Waals surface area contributed by atoms with Crippen LogP contribution in [-0.2, 0) is 9.53 Å². The zero-order valence-corrected chi connectivity index (χ0v) is 10.0. The standard InChI is InChI=1S/C7H8BrNO2S.ClH/c1-11-7(10)6(9)4-2-3-5(8)12-4;/h2-3,6H,9H2,1H3;1H/t6-;/m1./s1. The molecule has 1 rings (SSSR count). The van der Waals surface area contributed by atoms with E-state index < -0.39 is 12.0 Å². The molecule has 0 spiro atoms. The fraction of sp³-hybridized carbons (Fsp3) is 0.286. The molecule has 1 aromatic heterocycles. The van der Waals surface area contributed by atoms with Crippen LogP contribution >= 0.6 is 39.7 Å². The van der Waals surface area contributed by atoms with Gasteiger partial charge in [0, 0.05) is 4.88 Å². The smallest absolute Gasteiger partial charge is 0.328 e. The summed E-state index contributed by atoms with van der Waals surface area (Å²) in [6.07, 6.45) is 0. The maximum atomic E-state index is 11.0. The highest BCUT2D eigenvalue weighted by Crippen LogP contribution is 2.26. The molecule has 0 fully saturated rings. The second kappa shape index (κ2) is 5.59. The van der Waals surface area contributed by atoms with Crippen molar-refractivity contribution in [3.63, 3.8) is 0 Å². The molecule has 2 N–H and O–H groups in total. The number of carbonyl (C=O) groups is 1. The van der Waals surface area contributed by atoms with Crippen LogP contribution in [0, 0.1) is 0 Å². The van der Waals surface area contributed by atoms with E-state index in [4.69, 9.17) is 5.73 Å². The van der Waals surface area contributed by atoms with Gasteiger partial charge in [0.25, 0.3) is 0 Å². The van der Waals surface area contributed by atoms with E-state index in [-0.39, 0.29) is 12.4 Å². The zero-order valence-electron chi connectivity index (χ0n) is 6.82. The molecule has 0 saturated carbocycles. The van der Waals surface area contributed by atoms with Crippen molar-refractivity contribution in [2.45, 2.75) is 6.04 Å². The summed E-state index contributed by atoms with van der Waals surface area (Å²) in [5, 5.41) is 0. The summed E-state index contributed by atoms with van der Waals surface area (Å²) in [6.45, 7) is 0. The number of carbonyl (C=O) groups excluding carboxylic acids is 1. The monoisotopic (exact) mass is 285 g/mol. The Morgan fingerprint density at radius 1 is 1.69 bits per heavy atom. The van der Waals surface area contributed by atoms with Crippen LogP contribution in [0.1, 0.15) is 10.9 Å². The Bertz CT molecular complexity index is 292. The van der Waals surface area contributed by atoms with E-state index in [9.17, 15) is 4.79 Å². The van der Waals surface area contributed by atoms with E-state index >= 15 is 0 Å². The average Bonchev–Trinajstić information content (AvgIpc) is 2.49. The fourth-order valence-corrected chi connectivity index (χ4v) is 2.15. The van der Waals surface area contributed by atoms with Crippen LogP contribution in [0.5, 0.6) is 0 Å². The number of hydrogen-bond acceptors (Lipinski definition) is 4. The SMILES string of the molecule is COC(=O)[C@H](N)c1ccc(Br)s1.Cl. The Hall–Kier alpha value is -0.100. The molecule has 13 heavy (non-hydrogen) atoms. The number of esters is 1. The number of ether oxygens (including phenoxy) is 1. The van der Waals surface area contributed by atoms with Gasteiger partial charge in [0.2, 0.25) is 0 Å². The van der Waals surface area contributed by atoms with E-state index in [1.165, 1.54) is 18.4 Å². The van der Waals surface area contributed by atoms with Crippen molar-refractivity contribution in [2.24, 2.45) is 5.73 Å². The number of nitrogens with two attached hydrogens (primary N) is 1. The Morgan fingerprint density at radius 2 is 2.31 bits per heavy atom. The van der Waals surface area contributed by atoms with Crippen LogP contribution in [0.3, 0.4) is 0 Å². The summed E-state index contributed by atoms with van der Waals surface area (Å²) in [5.41, 5.74) is 5.58. The molecule has 74 valence electrons. The maximum Gasteiger partial charge on any atom is 0.328 e. The topological polar surface area (TPSA) is 52.3 Å². The summed E-state index contributed by atoms with van der Waals surface area (Å²) < 4.78 is 5.46. The molecular formula is C7H9BrClNO2S. The van der Waals surface area contributed by atoms with Crippen LogP contribution in [0.25, 0.3) is 0 Å². The molecule has 0 aliphatic rings. The lowest BCUT2D eigenvalue weighted by Crippen LogP contribution is -2.21. The minimum Gasteiger partial charge on any atom is -0.468 e. The van der Waals surface area contributed by atoms with E-state index in [1.54, 1.807) is 6.07 Å². The van der Waals surface area contributed by atoms with Gasteiger partial charge in [-0.05, 0) is 28.1 Å². The first kappa shape index (κ1) is 12.9. The molecule has 0 aliphatic heterocycles. The van der Waals surface area contributed by atoms with Gasteiger partial charge in [-0.25, -0.2) is 4.79 Å². The summed E-state index contributed by atoms with van der Waals surface area (Å²) in [4.78, 5) is 11.8. The van der Waals surface area contributed by atoms with Gasteiger partial charge in [-0.1, -0.05) is 0 Å². The van der Waals surface area contributed by atoms with Gasteiger partial charge in [-0.2, -0.15) is 0 Å². The molecule has 3 nitrogen and oxygen atoms in total. The molecule has 1 aromatic rings. The molecule has 0 amide bonds. The molecule has 0 radical (unpaired) electrons. The van der Waals surface area contributed by atoms with Crippen molar-refractivity contribution in [3.05, 3.63) is 20.8 Å². The van der Waals surface area contributed by atoms with E-state index in [2.05, 4.69) is 20.7 Å². The van der Waals surface area contributed by atoms with Crippen molar-refractivity contribution in [3.8, 4) is 0 Å². The first-order valence-corrected chi connectivity index (χ1v) is 4.84. The van der Waals surface area contributed by atoms with Crippen LogP contribution in [0.15, 0.2) is 15.9 Å². The first-order valence-electron chi connectivity index (χ1n) is 3.24. The lowest BCUT2D eigenvalue weighted by atomic mass is 10.3. The molecule has 6 heteroatoms. The van der Waals surface area contributed by atoms with Crippen LogP contribution in [0.2, 0.25) is 0 Å². The summed E-state index contributed by atoms with van der Waals surface area (Å²) in [5.74, 6) is -0.413. The molecule has 0 saturated heterocycles. The molecule has 1 heterocycles. The molecular weight excluding hydrogens is 278 g/mol. The average molecular weight is 287 g/mol. The second-order valence-electron chi connectivity index (χ2n) is 2.14. The zero-order chi connectivity index (χ0) is 9.14. The quantitative estimate of drug-likeness (QED) is 0.847. The minimum atomic E-state index is -0.661. The van der Waals surface area contributed by atoms with Gasteiger partial charge in [0.1, 0.15) is 6.04 Å². The Kier molecular flexibility index (Phi) is 5.55. The highest BCUT2D eigenvalue weighted by atomic mass is 79.9. The van der Waals surface area contributed by atoms with Crippen LogP contribution in [-0.4, -0.2) is 13.1 Å². The third-order valence-corrected chi connectivity index (χ3v) is 3.06. The number of hydrogen-bond donors (Lipinski definition) is 1. The first-order chi connectivity index (χ1) is 5.65. The second-order valence-corrected chi connectivity index (χ2v) is 4.64. The van der Waals surface area contributed by atoms with E-state index in [1.807, 2.05) is 6.07 Å². The molecule has 1 atom stereocenters. The largest absolute Gasteiger partial charge is 0.468 e. The lowest BCUT2D eigenvalue weighted by molar-refractivity contribution is -0.142. The van der Waals surface area contributed by atoms with Gasteiger partial charge >= 0.3 is 5.97 Å². The summed E-state index contributed by atoms with van der Waals surface area (Å²) >= 11 is 4.71. The van der Waals surface area contributed by atoms with Crippen molar-refractivity contribution in [1.82, 2.24) is 0 Å². The van der Waals surface area contributed by atoms with Crippen molar-refractivity contribution in [2.75, 3.05) is 7.11 Å². The van der Waals surface area contributed by atoms with Crippen LogP contribution < -0.4 is 5.73 Å². The number of rotatable bonds is 2. The van der Waals surface area contributed by atoms with Crippen molar-refractivity contribution in [1.29, 1.82) is 0 Å². The molecule has 0 aromatic carbocycles. The Morgan fingerprint density at radius 3 is 2.69 bits per heavy atom. The third kappa shape index (κ3) is 3.27. The Labute approximate surface area is 94.8 Å². The predicted molar refractivity (Wildman–Crippen MR) is 58.2 cm³/mol. The predicted octanol–water partition coefficient (Wildman–Crippen LogP) is 2.11. The summed E-state index contributed by atoms with van der Waals surface area (Å²) in [6, 6.07) is 2.99. The summed E-state index contributed by atoms with van der Waals surface area (Å²) in [7, 11) is 1.32. The van der Waals surface area contributed by atoms with Gasteiger partial charge in [0.05, 0.1) is 10.9 Å². The van der Waals surface area contributed by atoms with Gasteiger partial charge < -0.3 is 10.5 Å². The van der Waals surface area contributed by atoms with Crippen LogP contribution in [0.4, 0.5) is 0 Å². The van der Waals surface area contributed by atoms with Crippen molar-refractivity contribution >= 4 is 45.6 Å². The highest BCUT2D eigenvalue weighted by Gasteiger charge is 2.17. The van der Waals surface area contributed by atoms with Gasteiger partial charge in [-0.15, -0.1) is 23.7 Å². The normalized spacial score (nSPS) is 11.6. The Balaban J connectivity index is 0.00000144. The number of methoxy groups -OCH3 is 1. The molecule has 0 unspecified atom stereocenters. The van der Waals surface area contributed by atoms with E-state index in [0.717, 1.165) is 8.66 Å². The number of halogens is 2. The molecule has 0 bridgehead atoms. The van der Waals surface area contributed by atoms with Gasteiger partial charge in [0.15, 0.2) is 0 Å². The molecule has 0 aliphatic carbocycles. The van der Waals surface area contributed by atoms with Gasteiger partial charge in [-0.3, -0.25) is 0 Å². The third-order valence-electron chi connectivity index (χ3n) is 1.36. The maximum absolute atomic E-state index is 11.0.